The Bertz CT molecular complexity index is 334. The molecule has 1 heterocycles. The Morgan fingerprint density at radius 3 is 2.87 bits per heavy atom. The Labute approximate surface area is 92.2 Å². The van der Waals surface area contributed by atoms with Crippen molar-refractivity contribution >= 4 is 23.2 Å². The van der Waals surface area contributed by atoms with E-state index in [4.69, 9.17) is 0 Å². The number of ether oxygens (including phenoxy) is 1. The lowest BCUT2D eigenvalue weighted by atomic mass is 10.3. The first-order valence-corrected chi connectivity index (χ1v) is 5.54. The highest BCUT2D eigenvalue weighted by Crippen LogP contribution is 2.17. The minimum atomic E-state index is -0.832. The zero-order chi connectivity index (χ0) is 11.3. The smallest absolute Gasteiger partial charge is 0.396 e. The van der Waals surface area contributed by atoms with Gasteiger partial charge in [-0.1, -0.05) is 6.07 Å². The Balaban J connectivity index is 2.48. The molecule has 1 aromatic heterocycles. The largest absolute Gasteiger partial charge is 0.459 e. The van der Waals surface area contributed by atoms with E-state index in [0.717, 1.165) is 4.88 Å². The third-order valence-corrected chi connectivity index (χ3v) is 2.83. The standard InChI is InChI=1S/C10H13NO3S/c1-3-14-10(13)9(12)11-7(2)8-5-4-6-15-8/h4-7H,3H2,1-2H3,(H,11,12). The van der Waals surface area contributed by atoms with Gasteiger partial charge in [0, 0.05) is 4.88 Å². The highest BCUT2D eigenvalue weighted by atomic mass is 32.1. The van der Waals surface area contributed by atoms with Crippen molar-refractivity contribution in [2.45, 2.75) is 19.9 Å². The zero-order valence-electron chi connectivity index (χ0n) is 8.65. The van der Waals surface area contributed by atoms with Crippen molar-refractivity contribution in [1.82, 2.24) is 5.32 Å². The summed E-state index contributed by atoms with van der Waals surface area (Å²) < 4.78 is 4.57. The number of carbonyl (C=O) groups is 2. The van der Waals surface area contributed by atoms with Gasteiger partial charge in [0.2, 0.25) is 0 Å². The Morgan fingerprint density at radius 1 is 1.60 bits per heavy atom. The molecule has 1 atom stereocenters. The Morgan fingerprint density at radius 2 is 2.33 bits per heavy atom. The minimum Gasteiger partial charge on any atom is -0.459 e. The molecule has 1 rings (SSSR count). The van der Waals surface area contributed by atoms with Gasteiger partial charge in [-0.2, -0.15) is 0 Å². The molecular weight excluding hydrogens is 214 g/mol. The topological polar surface area (TPSA) is 55.4 Å². The van der Waals surface area contributed by atoms with Crippen LogP contribution in [0.2, 0.25) is 0 Å². The van der Waals surface area contributed by atoms with Crippen LogP contribution in [-0.4, -0.2) is 18.5 Å². The molecule has 0 saturated heterocycles. The number of rotatable bonds is 3. The van der Waals surface area contributed by atoms with Crippen LogP contribution in [-0.2, 0) is 14.3 Å². The normalized spacial score (nSPS) is 11.9. The molecule has 0 aliphatic heterocycles. The molecule has 4 nitrogen and oxygen atoms in total. The number of thiophene rings is 1. The maximum atomic E-state index is 11.3. The van der Waals surface area contributed by atoms with E-state index < -0.39 is 11.9 Å². The summed E-state index contributed by atoms with van der Waals surface area (Å²) in [4.78, 5) is 23.3. The monoisotopic (exact) mass is 227 g/mol. The molecule has 0 bridgehead atoms. The SMILES string of the molecule is CCOC(=O)C(=O)NC(C)c1cccs1. The predicted molar refractivity (Wildman–Crippen MR) is 57.5 cm³/mol. The fourth-order valence-corrected chi connectivity index (χ4v) is 1.80. The van der Waals surface area contributed by atoms with Crippen LogP contribution in [0, 0.1) is 0 Å². The lowest BCUT2D eigenvalue weighted by Crippen LogP contribution is -2.34. The Hall–Kier alpha value is -1.36. The van der Waals surface area contributed by atoms with Crippen molar-refractivity contribution < 1.29 is 14.3 Å². The van der Waals surface area contributed by atoms with E-state index in [1.807, 2.05) is 24.4 Å². The minimum absolute atomic E-state index is 0.165. The molecule has 82 valence electrons. The average Bonchev–Trinajstić information content (AvgIpc) is 2.70. The van der Waals surface area contributed by atoms with Gasteiger partial charge in [-0.3, -0.25) is 4.79 Å². The maximum Gasteiger partial charge on any atom is 0.396 e. The second-order valence-electron chi connectivity index (χ2n) is 2.93. The van der Waals surface area contributed by atoms with Crippen LogP contribution >= 0.6 is 11.3 Å². The summed E-state index contributed by atoms with van der Waals surface area (Å²) in [5.41, 5.74) is 0. The first-order chi connectivity index (χ1) is 7.15. The van der Waals surface area contributed by atoms with Crippen molar-refractivity contribution in [2.75, 3.05) is 6.61 Å². The molecule has 0 aliphatic rings. The summed E-state index contributed by atoms with van der Waals surface area (Å²) in [5.74, 6) is -1.53. The average molecular weight is 227 g/mol. The lowest BCUT2D eigenvalue weighted by Gasteiger charge is -2.10. The van der Waals surface area contributed by atoms with Crippen molar-refractivity contribution in [3.63, 3.8) is 0 Å². The van der Waals surface area contributed by atoms with Crippen LogP contribution in [0.25, 0.3) is 0 Å². The van der Waals surface area contributed by atoms with Gasteiger partial charge < -0.3 is 10.1 Å². The number of amides is 1. The quantitative estimate of drug-likeness (QED) is 0.628. The summed E-state index contributed by atoms with van der Waals surface area (Å²) in [6, 6.07) is 3.63. The molecule has 0 spiro atoms. The van der Waals surface area contributed by atoms with Gasteiger partial charge in [0.1, 0.15) is 0 Å². The van der Waals surface area contributed by atoms with E-state index in [-0.39, 0.29) is 12.6 Å². The molecule has 0 aromatic carbocycles. The highest BCUT2D eigenvalue weighted by Gasteiger charge is 2.18. The van der Waals surface area contributed by atoms with E-state index in [9.17, 15) is 9.59 Å². The zero-order valence-corrected chi connectivity index (χ0v) is 9.47. The number of hydrogen-bond donors (Lipinski definition) is 1. The van der Waals surface area contributed by atoms with Crippen molar-refractivity contribution in [1.29, 1.82) is 0 Å². The Kier molecular flexibility index (Phi) is 4.30. The first-order valence-electron chi connectivity index (χ1n) is 4.66. The van der Waals surface area contributed by atoms with Crippen LogP contribution in [0.5, 0.6) is 0 Å². The van der Waals surface area contributed by atoms with E-state index in [1.54, 1.807) is 6.92 Å². The van der Waals surface area contributed by atoms with E-state index in [0.29, 0.717) is 0 Å². The van der Waals surface area contributed by atoms with E-state index >= 15 is 0 Å². The molecule has 1 amide bonds. The number of esters is 1. The summed E-state index contributed by atoms with van der Waals surface area (Å²) in [7, 11) is 0. The highest BCUT2D eigenvalue weighted by molar-refractivity contribution is 7.10. The molecule has 0 fully saturated rings. The molecule has 15 heavy (non-hydrogen) atoms. The summed E-state index contributed by atoms with van der Waals surface area (Å²) in [6.45, 7) is 3.69. The predicted octanol–water partition coefficient (Wildman–Crippen LogP) is 1.49. The summed E-state index contributed by atoms with van der Waals surface area (Å²) in [6.07, 6.45) is 0. The van der Waals surface area contributed by atoms with Gasteiger partial charge in [-0.15, -0.1) is 11.3 Å². The summed E-state index contributed by atoms with van der Waals surface area (Å²) in [5, 5.41) is 4.48. The van der Waals surface area contributed by atoms with Crippen molar-refractivity contribution in [3.05, 3.63) is 22.4 Å². The first kappa shape index (κ1) is 11.7. The van der Waals surface area contributed by atoms with Gasteiger partial charge in [-0.25, -0.2) is 4.79 Å². The van der Waals surface area contributed by atoms with E-state index in [1.165, 1.54) is 11.3 Å². The molecular formula is C10H13NO3S. The van der Waals surface area contributed by atoms with Gasteiger partial charge in [0.15, 0.2) is 0 Å². The third kappa shape index (κ3) is 3.36. The van der Waals surface area contributed by atoms with Crippen molar-refractivity contribution in [2.24, 2.45) is 0 Å². The number of carbonyl (C=O) groups excluding carboxylic acids is 2. The van der Waals surface area contributed by atoms with Gasteiger partial charge in [0.05, 0.1) is 12.6 Å². The molecule has 1 unspecified atom stereocenters. The fourth-order valence-electron chi connectivity index (χ4n) is 1.06. The molecule has 0 radical (unpaired) electrons. The van der Waals surface area contributed by atoms with Crippen LogP contribution in [0.3, 0.4) is 0 Å². The van der Waals surface area contributed by atoms with Crippen LogP contribution < -0.4 is 5.32 Å². The molecule has 0 saturated carbocycles. The number of hydrogen-bond acceptors (Lipinski definition) is 4. The van der Waals surface area contributed by atoms with Crippen molar-refractivity contribution in [3.8, 4) is 0 Å². The van der Waals surface area contributed by atoms with Crippen LogP contribution in [0.1, 0.15) is 24.8 Å². The van der Waals surface area contributed by atoms with Gasteiger partial charge >= 0.3 is 11.9 Å². The fraction of sp³-hybridized carbons (Fsp3) is 0.400. The van der Waals surface area contributed by atoms with Gasteiger partial charge in [-0.05, 0) is 25.3 Å². The van der Waals surface area contributed by atoms with Gasteiger partial charge in [0.25, 0.3) is 0 Å². The van der Waals surface area contributed by atoms with E-state index in [2.05, 4.69) is 10.1 Å². The second kappa shape index (κ2) is 5.50. The lowest BCUT2D eigenvalue weighted by molar-refractivity contribution is -0.154. The summed E-state index contributed by atoms with van der Waals surface area (Å²) >= 11 is 1.53. The molecule has 5 heteroatoms. The molecule has 1 N–H and O–H groups in total. The van der Waals surface area contributed by atoms with Crippen LogP contribution in [0.4, 0.5) is 0 Å². The maximum absolute atomic E-state index is 11.3. The second-order valence-corrected chi connectivity index (χ2v) is 3.91. The van der Waals surface area contributed by atoms with Crippen LogP contribution in [0.15, 0.2) is 17.5 Å². The number of nitrogens with one attached hydrogen (secondary N) is 1. The third-order valence-electron chi connectivity index (χ3n) is 1.78. The molecule has 0 aliphatic carbocycles. The molecule has 1 aromatic rings.